The Kier molecular flexibility index (Phi) is 1.91. The minimum Gasteiger partial charge on any atom is -0.370 e. The molecule has 0 fully saturated rings. The molecule has 1 aliphatic rings. The van der Waals surface area contributed by atoms with Crippen LogP contribution >= 0.6 is 0 Å². The van der Waals surface area contributed by atoms with Crippen LogP contribution in [0.5, 0.6) is 0 Å². The van der Waals surface area contributed by atoms with Gasteiger partial charge in [0.15, 0.2) is 12.1 Å². The zero-order valence-corrected chi connectivity index (χ0v) is 6.88. The van der Waals surface area contributed by atoms with Crippen molar-refractivity contribution in [2.75, 3.05) is 0 Å². The average Bonchev–Trinajstić information content (AvgIpc) is 2.19. The van der Waals surface area contributed by atoms with Gasteiger partial charge in [-0.3, -0.25) is 4.98 Å². The van der Waals surface area contributed by atoms with E-state index in [4.69, 9.17) is 5.73 Å². The van der Waals surface area contributed by atoms with Crippen molar-refractivity contribution >= 4 is 12.3 Å². The van der Waals surface area contributed by atoms with Crippen LogP contribution in [0.3, 0.4) is 0 Å². The molecule has 13 heavy (non-hydrogen) atoms. The molecule has 0 bridgehead atoms. The SMILES string of the molecule is NC1=NC(c2ccccn2)N=CN1. The van der Waals surface area contributed by atoms with Crippen LogP contribution in [0.1, 0.15) is 11.9 Å². The minimum absolute atomic E-state index is 0.303. The molecular formula is C8H9N5. The van der Waals surface area contributed by atoms with E-state index in [2.05, 4.69) is 20.3 Å². The fourth-order valence-electron chi connectivity index (χ4n) is 1.05. The van der Waals surface area contributed by atoms with E-state index in [1.165, 1.54) is 6.34 Å². The van der Waals surface area contributed by atoms with Crippen LogP contribution in [0.2, 0.25) is 0 Å². The van der Waals surface area contributed by atoms with Crippen LogP contribution in [0.15, 0.2) is 34.4 Å². The minimum atomic E-state index is -0.303. The van der Waals surface area contributed by atoms with Gasteiger partial charge in [-0.1, -0.05) is 6.07 Å². The standard InChI is InChI=1S/C8H9N5/c9-8-12-5-11-7(13-8)6-3-1-2-4-10-6/h1-5,7H,(H3,9,11,12,13). The Bertz CT molecular complexity index is 343. The zero-order chi connectivity index (χ0) is 9.10. The van der Waals surface area contributed by atoms with Gasteiger partial charge >= 0.3 is 0 Å². The highest BCUT2D eigenvalue weighted by atomic mass is 15.2. The van der Waals surface area contributed by atoms with Gasteiger partial charge in [-0.25, -0.2) is 9.98 Å². The summed E-state index contributed by atoms with van der Waals surface area (Å²) in [5, 5.41) is 2.69. The summed E-state index contributed by atoms with van der Waals surface area (Å²) in [4.78, 5) is 12.3. The molecular weight excluding hydrogens is 166 g/mol. The van der Waals surface area contributed by atoms with E-state index >= 15 is 0 Å². The molecule has 0 saturated heterocycles. The summed E-state index contributed by atoms with van der Waals surface area (Å²) in [6, 6.07) is 5.61. The molecule has 0 saturated carbocycles. The van der Waals surface area contributed by atoms with Crippen LogP contribution in [-0.4, -0.2) is 17.3 Å². The molecule has 0 radical (unpaired) electrons. The van der Waals surface area contributed by atoms with Gasteiger partial charge in [-0.05, 0) is 12.1 Å². The van der Waals surface area contributed by atoms with Crippen molar-refractivity contribution < 1.29 is 0 Å². The lowest BCUT2D eigenvalue weighted by atomic mass is 10.3. The van der Waals surface area contributed by atoms with Crippen LogP contribution in [-0.2, 0) is 0 Å². The molecule has 66 valence electrons. The third kappa shape index (κ3) is 1.64. The maximum absolute atomic E-state index is 5.48. The first-order chi connectivity index (χ1) is 6.36. The number of aliphatic imine (C=N–C) groups is 2. The van der Waals surface area contributed by atoms with Crippen molar-refractivity contribution in [3.05, 3.63) is 30.1 Å². The number of pyridine rings is 1. The van der Waals surface area contributed by atoms with Crippen molar-refractivity contribution in [1.82, 2.24) is 10.3 Å². The second-order valence-corrected chi connectivity index (χ2v) is 2.57. The Balaban J connectivity index is 2.27. The van der Waals surface area contributed by atoms with Crippen molar-refractivity contribution in [1.29, 1.82) is 0 Å². The average molecular weight is 175 g/mol. The third-order valence-corrected chi connectivity index (χ3v) is 1.64. The molecule has 1 unspecified atom stereocenters. The van der Waals surface area contributed by atoms with Crippen LogP contribution in [0.25, 0.3) is 0 Å². The van der Waals surface area contributed by atoms with E-state index in [0.717, 1.165) is 5.69 Å². The van der Waals surface area contributed by atoms with Crippen molar-refractivity contribution in [2.24, 2.45) is 15.7 Å². The van der Waals surface area contributed by atoms with Gasteiger partial charge in [-0.2, -0.15) is 0 Å². The number of nitrogens with zero attached hydrogens (tertiary/aromatic N) is 3. The zero-order valence-electron chi connectivity index (χ0n) is 6.88. The Morgan fingerprint density at radius 3 is 3.00 bits per heavy atom. The Labute approximate surface area is 75.4 Å². The third-order valence-electron chi connectivity index (χ3n) is 1.64. The van der Waals surface area contributed by atoms with Gasteiger partial charge in [0.1, 0.15) is 0 Å². The predicted molar refractivity (Wildman–Crippen MR) is 50.2 cm³/mol. The molecule has 1 aromatic rings. The fraction of sp³-hybridized carbons (Fsp3) is 0.125. The lowest BCUT2D eigenvalue weighted by molar-refractivity contribution is 0.730. The van der Waals surface area contributed by atoms with Crippen LogP contribution in [0, 0.1) is 0 Å². The molecule has 5 heteroatoms. The van der Waals surface area contributed by atoms with Crippen LogP contribution < -0.4 is 11.1 Å². The summed E-state index contributed by atoms with van der Waals surface area (Å²) in [5.74, 6) is 0.366. The van der Waals surface area contributed by atoms with Crippen molar-refractivity contribution in [3.63, 3.8) is 0 Å². The highest BCUT2D eigenvalue weighted by Crippen LogP contribution is 2.16. The first kappa shape index (κ1) is 7.72. The highest BCUT2D eigenvalue weighted by molar-refractivity contribution is 5.90. The van der Waals surface area contributed by atoms with Crippen LogP contribution in [0.4, 0.5) is 0 Å². The molecule has 1 atom stereocenters. The number of hydrogen-bond acceptors (Lipinski definition) is 5. The van der Waals surface area contributed by atoms with Gasteiger partial charge in [0.25, 0.3) is 0 Å². The Morgan fingerprint density at radius 2 is 2.31 bits per heavy atom. The summed E-state index contributed by atoms with van der Waals surface area (Å²) < 4.78 is 0. The summed E-state index contributed by atoms with van der Waals surface area (Å²) in [6.07, 6.45) is 2.93. The molecule has 0 aliphatic carbocycles. The van der Waals surface area contributed by atoms with Gasteiger partial charge in [0, 0.05) is 6.20 Å². The highest BCUT2D eigenvalue weighted by Gasteiger charge is 2.11. The second-order valence-electron chi connectivity index (χ2n) is 2.57. The van der Waals surface area contributed by atoms with E-state index in [0.29, 0.717) is 5.96 Å². The number of nitrogens with two attached hydrogens (primary N) is 1. The predicted octanol–water partition coefficient (Wildman–Crippen LogP) is 0.0264. The molecule has 0 spiro atoms. The number of nitrogens with one attached hydrogen (secondary N) is 1. The van der Waals surface area contributed by atoms with Gasteiger partial charge in [0.2, 0.25) is 0 Å². The van der Waals surface area contributed by atoms with Gasteiger partial charge in [-0.15, -0.1) is 0 Å². The number of aromatic nitrogens is 1. The lowest BCUT2D eigenvalue weighted by Crippen LogP contribution is -2.33. The molecule has 5 nitrogen and oxygen atoms in total. The largest absolute Gasteiger partial charge is 0.370 e. The van der Waals surface area contributed by atoms with E-state index in [1.54, 1.807) is 6.20 Å². The summed E-state index contributed by atoms with van der Waals surface area (Å²) in [7, 11) is 0. The smallest absolute Gasteiger partial charge is 0.196 e. The van der Waals surface area contributed by atoms with E-state index in [9.17, 15) is 0 Å². The molecule has 0 aromatic carbocycles. The van der Waals surface area contributed by atoms with Gasteiger partial charge < -0.3 is 11.1 Å². The molecule has 0 amide bonds. The lowest BCUT2D eigenvalue weighted by Gasteiger charge is -2.12. The molecule has 1 aromatic heterocycles. The Hall–Kier alpha value is -1.91. The van der Waals surface area contributed by atoms with Crippen molar-refractivity contribution in [3.8, 4) is 0 Å². The normalized spacial score (nSPS) is 20.6. The quantitative estimate of drug-likeness (QED) is 0.632. The van der Waals surface area contributed by atoms with E-state index in [-0.39, 0.29) is 6.17 Å². The van der Waals surface area contributed by atoms with Crippen molar-refractivity contribution in [2.45, 2.75) is 6.17 Å². The maximum Gasteiger partial charge on any atom is 0.196 e. The molecule has 2 rings (SSSR count). The second kappa shape index (κ2) is 3.22. The maximum atomic E-state index is 5.48. The summed E-state index contributed by atoms with van der Waals surface area (Å²) in [6.45, 7) is 0. The fourth-order valence-corrected chi connectivity index (χ4v) is 1.05. The first-order valence-corrected chi connectivity index (χ1v) is 3.88. The van der Waals surface area contributed by atoms with E-state index < -0.39 is 0 Å². The first-order valence-electron chi connectivity index (χ1n) is 3.88. The molecule has 1 aliphatic heterocycles. The molecule has 3 N–H and O–H groups in total. The summed E-state index contributed by atoms with van der Waals surface area (Å²) in [5.41, 5.74) is 6.28. The summed E-state index contributed by atoms with van der Waals surface area (Å²) >= 11 is 0. The van der Waals surface area contributed by atoms with Gasteiger partial charge in [0.05, 0.1) is 12.0 Å². The number of rotatable bonds is 1. The number of hydrogen-bond donors (Lipinski definition) is 2. The monoisotopic (exact) mass is 175 g/mol. The molecule has 2 heterocycles. The van der Waals surface area contributed by atoms with E-state index in [1.807, 2.05) is 18.2 Å². The Morgan fingerprint density at radius 1 is 1.38 bits per heavy atom. The topological polar surface area (TPSA) is 75.7 Å². The number of guanidine groups is 1.